The van der Waals surface area contributed by atoms with Gasteiger partial charge in [0.25, 0.3) is 5.91 Å². The highest BCUT2D eigenvalue weighted by atomic mass is 19.4. The Kier molecular flexibility index (Phi) is 4.37. The van der Waals surface area contributed by atoms with Crippen LogP contribution in [-0.2, 0) is 6.54 Å². The zero-order chi connectivity index (χ0) is 14.8. The monoisotopic (exact) mass is 290 g/mol. The molecular formula is C13H17F3N2O2. The lowest BCUT2D eigenvalue weighted by Gasteiger charge is -2.28. The first-order valence-corrected chi connectivity index (χ1v) is 6.57. The van der Waals surface area contributed by atoms with Gasteiger partial charge in [-0.3, -0.25) is 4.79 Å². The molecule has 1 aromatic rings. The van der Waals surface area contributed by atoms with E-state index in [1.54, 1.807) is 0 Å². The zero-order valence-corrected chi connectivity index (χ0v) is 10.9. The van der Waals surface area contributed by atoms with Gasteiger partial charge in [0.05, 0.1) is 12.1 Å². The molecule has 0 unspecified atom stereocenters. The van der Waals surface area contributed by atoms with Crippen molar-refractivity contribution in [1.29, 1.82) is 0 Å². The summed E-state index contributed by atoms with van der Waals surface area (Å²) in [4.78, 5) is 12.0. The molecule has 0 saturated heterocycles. The molecule has 0 aliphatic heterocycles. The SMILES string of the molecule is O=C(N[C@H]1CCCC[C@@H]1O)c1cccn1CC(F)(F)F. The summed E-state index contributed by atoms with van der Waals surface area (Å²) in [5, 5.41) is 12.4. The Balaban J connectivity index is 2.04. The quantitative estimate of drug-likeness (QED) is 0.895. The molecule has 2 N–H and O–H groups in total. The van der Waals surface area contributed by atoms with Crippen molar-refractivity contribution in [2.75, 3.05) is 0 Å². The van der Waals surface area contributed by atoms with E-state index in [2.05, 4.69) is 5.32 Å². The highest BCUT2D eigenvalue weighted by molar-refractivity contribution is 5.93. The molecule has 0 spiro atoms. The molecular weight excluding hydrogens is 273 g/mol. The molecule has 2 atom stereocenters. The topological polar surface area (TPSA) is 54.3 Å². The van der Waals surface area contributed by atoms with Crippen LogP contribution in [0.2, 0.25) is 0 Å². The van der Waals surface area contributed by atoms with Crippen LogP contribution in [0, 0.1) is 0 Å². The van der Waals surface area contributed by atoms with Crippen LogP contribution in [-0.4, -0.2) is 33.9 Å². The number of aliphatic hydroxyl groups is 1. The van der Waals surface area contributed by atoms with E-state index in [0.29, 0.717) is 12.8 Å². The van der Waals surface area contributed by atoms with Crippen LogP contribution in [0.4, 0.5) is 13.2 Å². The second kappa shape index (κ2) is 5.87. The number of aromatic nitrogens is 1. The van der Waals surface area contributed by atoms with Crippen LogP contribution in [0.3, 0.4) is 0 Å². The maximum atomic E-state index is 12.4. The van der Waals surface area contributed by atoms with E-state index >= 15 is 0 Å². The second-order valence-corrected chi connectivity index (χ2v) is 5.07. The molecule has 1 amide bonds. The molecule has 0 bridgehead atoms. The molecule has 1 aliphatic rings. The minimum absolute atomic E-state index is 0.0416. The van der Waals surface area contributed by atoms with Gasteiger partial charge >= 0.3 is 6.18 Å². The van der Waals surface area contributed by atoms with Crippen LogP contribution < -0.4 is 5.32 Å². The second-order valence-electron chi connectivity index (χ2n) is 5.07. The van der Waals surface area contributed by atoms with Crippen molar-refractivity contribution >= 4 is 5.91 Å². The Morgan fingerprint density at radius 2 is 2.10 bits per heavy atom. The summed E-state index contributed by atoms with van der Waals surface area (Å²) in [5.41, 5.74) is -0.0416. The fraction of sp³-hybridized carbons (Fsp3) is 0.615. The van der Waals surface area contributed by atoms with Crippen molar-refractivity contribution in [3.63, 3.8) is 0 Å². The van der Waals surface area contributed by atoms with E-state index in [1.807, 2.05) is 0 Å². The van der Waals surface area contributed by atoms with E-state index in [0.717, 1.165) is 17.4 Å². The summed E-state index contributed by atoms with van der Waals surface area (Å²) in [6, 6.07) is 2.36. The van der Waals surface area contributed by atoms with E-state index in [9.17, 15) is 23.1 Å². The Hall–Kier alpha value is -1.50. The maximum Gasteiger partial charge on any atom is 0.406 e. The smallest absolute Gasteiger partial charge is 0.391 e. The van der Waals surface area contributed by atoms with Crippen molar-refractivity contribution in [1.82, 2.24) is 9.88 Å². The van der Waals surface area contributed by atoms with Crippen LogP contribution in [0.15, 0.2) is 18.3 Å². The Bertz CT molecular complexity index is 470. The van der Waals surface area contributed by atoms with Gasteiger partial charge in [0.15, 0.2) is 0 Å². The molecule has 1 aliphatic carbocycles. The lowest BCUT2D eigenvalue weighted by atomic mass is 9.92. The van der Waals surface area contributed by atoms with Gasteiger partial charge in [0.2, 0.25) is 0 Å². The van der Waals surface area contributed by atoms with Gasteiger partial charge in [-0.15, -0.1) is 0 Å². The molecule has 1 heterocycles. The van der Waals surface area contributed by atoms with E-state index in [4.69, 9.17) is 0 Å². The highest BCUT2D eigenvalue weighted by Gasteiger charge is 2.30. The maximum absolute atomic E-state index is 12.4. The van der Waals surface area contributed by atoms with Gasteiger partial charge in [-0.2, -0.15) is 13.2 Å². The number of halogens is 3. The average molecular weight is 290 g/mol. The van der Waals surface area contributed by atoms with Crippen molar-refractivity contribution in [2.24, 2.45) is 0 Å². The predicted molar refractivity (Wildman–Crippen MR) is 66.2 cm³/mol. The third-order valence-electron chi connectivity index (χ3n) is 3.46. The van der Waals surface area contributed by atoms with Crippen LogP contribution >= 0.6 is 0 Å². The molecule has 4 nitrogen and oxygen atoms in total. The number of alkyl halides is 3. The molecule has 2 rings (SSSR count). The number of nitrogens with zero attached hydrogens (tertiary/aromatic N) is 1. The number of hydrogen-bond donors (Lipinski definition) is 2. The van der Waals surface area contributed by atoms with Gasteiger partial charge in [0.1, 0.15) is 12.2 Å². The van der Waals surface area contributed by atoms with E-state index in [-0.39, 0.29) is 11.7 Å². The summed E-state index contributed by atoms with van der Waals surface area (Å²) < 4.78 is 38.0. The van der Waals surface area contributed by atoms with Crippen molar-refractivity contribution in [3.8, 4) is 0 Å². The number of carbonyl (C=O) groups excluding carboxylic acids is 1. The van der Waals surface area contributed by atoms with Crippen molar-refractivity contribution < 1.29 is 23.1 Å². The van der Waals surface area contributed by atoms with Crippen molar-refractivity contribution in [2.45, 2.75) is 50.6 Å². The van der Waals surface area contributed by atoms with Gasteiger partial charge in [-0.1, -0.05) is 12.8 Å². The molecule has 20 heavy (non-hydrogen) atoms. The average Bonchev–Trinajstić information content (AvgIpc) is 2.77. The molecule has 1 saturated carbocycles. The van der Waals surface area contributed by atoms with Crippen LogP contribution in [0.25, 0.3) is 0 Å². The summed E-state index contributed by atoms with van der Waals surface area (Å²) in [6.07, 6.45) is -0.734. The molecule has 0 radical (unpaired) electrons. The molecule has 7 heteroatoms. The summed E-state index contributed by atoms with van der Waals surface area (Å²) in [5.74, 6) is -0.579. The van der Waals surface area contributed by atoms with Gasteiger partial charge in [-0.25, -0.2) is 0 Å². The first-order valence-electron chi connectivity index (χ1n) is 6.57. The molecule has 1 fully saturated rings. The Morgan fingerprint density at radius 1 is 1.40 bits per heavy atom. The minimum atomic E-state index is -4.38. The fourth-order valence-corrected chi connectivity index (χ4v) is 2.47. The number of aliphatic hydroxyl groups excluding tert-OH is 1. The lowest BCUT2D eigenvalue weighted by Crippen LogP contribution is -2.45. The van der Waals surface area contributed by atoms with Gasteiger partial charge < -0.3 is 15.0 Å². The number of rotatable bonds is 3. The predicted octanol–water partition coefficient (Wildman–Crippen LogP) is 2.08. The highest BCUT2D eigenvalue weighted by Crippen LogP contribution is 2.21. The largest absolute Gasteiger partial charge is 0.406 e. The van der Waals surface area contributed by atoms with Crippen LogP contribution in [0.5, 0.6) is 0 Å². The number of nitrogens with one attached hydrogen (secondary N) is 1. The Labute approximate surface area is 114 Å². The van der Waals surface area contributed by atoms with Gasteiger partial charge in [0, 0.05) is 6.20 Å². The van der Waals surface area contributed by atoms with E-state index in [1.165, 1.54) is 18.3 Å². The lowest BCUT2D eigenvalue weighted by molar-refractivity contribution is -0.140. The Morgan fingerprint density at radius 3 is 2.75 bits per heavy atom. The number of hydrogen-bond acceptors (Lipinski definition) is 2. The third kappa shape index (κ3) is 3.75. The first-order chi connectivity index (χ1) is 9.37. The summed E-state index contributed by atoms with van der Waals surface area (Å²) in [7, 11) is 0. The molecule has 0 aromatic carbocycles. The third-order valence-corrected chi connectivity index (χ3v) is 3.46. The molecule has 112 valence electrons. The standard InChI is InChI=1S/C13H17F3N2O2/c14-13(15,16)8-18-7-3-5-10(18)12(20)17-9-4-1-2-6-11(9)19/h3,5,7,9,11,19H,1-2,4,6,8H2,(H,17,20)/t9-,11-/m0/s1. The normalized spacial score (nSPS) is 23.6. The molecule has 1 aromatic heterocycles. The number of carbonyl (C=O) groups is 1. The summed E-state index contributed by atoms with van der Waals surface area (Å²) in [6.45, 7) is -1.20. The van der Waals surface area contributed by atoms with Crippen LogP contribution in [0.1, 0.15) is 36.2 Å². The fourth-order valence-electron chi connectivity index (χ4n) is 2.47. The van der Waals surface area contributed by atoms with Gasteiger partial charge in [-0.05, 0) is 25.0 Å². The minimum Gasteiger partial charge on any atom is -0.391 e. The zero-order valence-electron chi connectivity index (χ0n) is 10.9. The first kappa shape index (κ1) is 14.9. The summed E-state index contributed by atoms with van der Waals surface area (Å²) >= 11 is 0. The van der Waals surface area contributed by atoms with Crippen molar-refractivity contribution in [3.05, 3.63) is 24.0 Å². The number of amides is 1. The van der Waals surface area contributed by atoms with E-state index < -0.39 is 24.7 Å².